The van der Waals surface area contributed by atoms with Crippen molar-refractivity contribution < 1.29 is 24.6 Å². The average molecular weight is 304 g/mol. The molecule has 2 N–H and O–H groups in total. The van der Waals surface area contributed by atoms with Crippen LogP contribution in [-0.2, 0) is 9.63 Å². The summed E-state index contributed by atoms with van der Waals surface area (Å²) in [5.41, 5.74) is 0.654. The Morgan fingerprint density at radius 2 is 2.18 bits per heavy atom. The second kappa shape index (κ2) is 6.86. The van der Waals surface area contributed by atoms with E-state index in [9.17, 15) is 9.90 Å². The van der Waals surface area contributed by atoms with Crippen LogP contribution in [0.2, 0.25) is 0 Å². The van der Waals surface area contributed by atoms with Crippen molar-refractivity contribution in [2.75, 3.05) is 13.2 Å². The lowest BCUT2D eigenvalue weighted by Gasteiger charge is -2.15. The minimum atomic E-state index is -0.325. The van der Waals surface area contributed by atoms with Crippen molar-refractivity contribution in [3.05, 3.63) is 36.0 Å². The number of pyridine rings is 1. The molecule has 1 aromatic carbocycles. The number of rotatable bonds is 1. The van der Waals surface area contributed by atoms with Crippen LogP contribution in [0, 0.1) is 5.92 Å². The van der Waals surface area contributed by atoms with Crippen LogP contribution in [-0.4, -0.2) is 45.8 Å². The first-order valence-corrected chi connectivity index (χ1v) is 6.67. The standard InChI is InChI=1S/C14H14N2O3.CH2O2/c1-9-7-16(19-8-9)14(18)11-5-4-10-3-2-6-15-12(10)13(11)17;2-1-3/h2-6,9,17H,7-8H2,1H3;1H,(H,2,3). The van der Waals surface area contributed by atoms with Gasteiger partial charge < -0.3 is 10.2 Å². The van der Waals surface area contributed by atoms with Crippen molar-refractivity contribution >= 4 is 23.3 Å². The highest BCUT2D eigenvalue weighted by atomic mass is 16.7. The fraction of sp³-hybridized carbons (Fsp3) is 0.267. The summed E-state index contributed by atoms with van der Waals surface area (Å²) in [4.78, 5) is 30.0. The molecule has 2 heterocycles. The maximum absolute atomic E-state index is 12.3. The van der Waals surface area contributed by atoms with Gasteiger partial charge in [0.2, 0.25) is 0 Å². The van der Waals surface area contributed by atoms with Crippen LogP contribution in [0.3, 0.4) is 0 Å². The number of carboxylic acid groups (broad SMARTS) is 1. The Balaban J connectivity index is 0.000000545. The molecule has 7 heteroatoms. The normalized spacial score (nSPS) is 17.0. The topological polar surface area (TPSA) is 100.0 Å². The zero-order valence-electron chi connectivity index (χ0n) is 12.0. The van der Waals surface area contributed by atoms with Gasteiger partial charge in [-0.1, -0.05) is 19.1 Å². The summed E-state index contributed by atoms with van der Waals surface area (Å²) in [6.07, 6.45) is 1.59. The number of amides is 1. The van der Waals surface area contributed by atoms with Crippen molar-refractivity contribution in [3.8, 4) is 5.75 Å². The highest BCUT2D eigenvalue weighted by molar-refractivity contribution is 6.02. The molecular weight excluding hydrogens is 288 g/mol. The molecule has 1 aliphatic heterocycles. The van der Waals surface area contributed by atoms with Crippen LogP contribution >= 0.6 is 0 Å². The van der Waals surface area contributed by atoms with E-state index in [0.717, 1.165) is 5.39 Å². The first-order chi connectivity index (χ1) is 10.6. The van der Waals surface area contributed by atoms with E-state index in [0.29, 0.717) is 24.6 Å². The fourth-order valence-electron chi connectivity index (χ4n) is 2.18. The number of hydroxylamine groups is 2. The van der Waals surface area contributed by atoms with Crippen LogP contribution < -0.4 is 0 Å². The van der Waals surface area contributed by atoms with E-state index in [1.54, 1.807) is 24.4 Å². The Kier molecular flexibility index (Phi) is 4.90. The quantitative estimate of drug-likeness (QED) is 0.777. The molecule has 22 heavy (non-hydrogen) atoms. The van der Waals surface area contributed by atoms with E-state index < -0.39 is 0 Å². The monoisotopic (exact) mass is 304 g/mol. The summed E-state index contributed by atoms with van der Waals surface area (Å²) < 4.78 is 0. The smallest absolute Gasteiger partial charge is 0.290 e. The number of aromatic nitrogens is 1. The number of aromatic hydroxyl groups is 1. The van der Waals surface area contributed by atoms with Gasteiger partial charge in [-0.3, -0.25) is 19.4 Å². The van der Waals surface area contributed by atoms with Crippen LogP contribution in [0.1, 0.15) is 17.3 Å². The third-order valence-electron chi connectivity index (χ3n) is 3.20. The first-order valence-electron chi connectivity index (χ1n) is 6.67. The molecule has 0 radical (unpaired) electrons. The van der Waals surface area contributed by atoms with Gasteiger partial charge in [0.05, 0.1) is 18.7 Å². The highest BCUT2D eigenvalue weighted by Crippen LogP contribution is 2.28. The largest absolute Gasteiger partial charge is 0.505 e. The van der Waals surface area contributed by atoms with Gasteiger partial charge in [0.1, 0.15) is 5.52 Å². The number of benzene rings is 1. The van der Waals surface area contributed by atoms with E-state index in [1.165, 1.54) is 5.06 Å². The number of hydrogen-bond donors (Lipinski definition) is 2. The number of fused-ring (bicyclic) bond motifs is 1. The van der Waals surface area contributed by atoms with Gasteiger partial charge in [-0.05, 0) is 12.1 Å². The van der Waals surface area contributed by atoms with Gasteiger partial charge in [0, 0.05) is 17.5 Å². The molecule has 0 spiro atoms. The molecule has 1 aromatic heterocycles. The first kappa shape index (κ1) is 15.7. The molecule has 7 nitrogen and oxygen atoms in total. The summed E-state index contributed by atoms with van der Waals surface area (Å²) in [6, 6.07) is 7.00. The van der Waals surface area contributed by atoms with E-state index >= 15 is 0 Å². The second-order valence-corrected chi connectivity index (χ2v) is 4.91. The number of hydrogen-bond acceptors (Lipinski definition) is 5. The van der Waals surface area contributed by atoms with Gasteiger partial charge >= 0.3 is 0 Å². The molecule has 116 valence electrons. The van der Waals surface area contributed by atoms with Gasteiger partial charge in [0.25, 0.3) is 12.4 Å². The summed E-state index contributed by atoms with van der Waals surface area (Å²) in [6.45, 7) is 2.83. The predicted octanol–water partition coefficient (Wildman–Crippen LogP) is 1.66. The van der Waals surface area contributed by atoms with Crippen molar-refractivity contribution in [2.24, 2.45) is 5.92 Å². The Morgan fingerprint density at radius 3 is 2.82 bits per heavy atom. The maximum atomic E-state index is 12.3. The zero-order valence-corrected chi connectivity index (χ0v) is 12.0. The number of phenolic OH excluding ortho intramolecular Hbond substituents is 1. The maximum Gasteiger partial charge on any atom is 0.290 e. The highest BCUT2D eigenvalue weighted by Gasteiger charge is 2.28. The van der Waals surface area contributed by atoms with Crippen molar-refractivity contribution in [1.29, 1.82) is 0 Å². The number of carbonyl (C=O) groups is 2. The molecule has 1 atom stereocenters. The number of carbonyl (C=O) groups excluding carboxylic acids is 1. The minimum absolute atomic E-state index is 0.0914. The lowest BCUT2D eigenvalue weighted by molar-refractivity contribution is -0.122. The second-order valence-electron chi connectivity index (χ2n) is 4.91. The van der Waals surface area contributed by atoms with Gasteiger partial charge in [-0.15, -0.1) is 0 Å². The molecule has 0 aliphatic carbocycles. The van der Waals surface area contributed by atoms with Crippen LogP contribution in [0.15, 0.2) is 30.5 Å². The number of phenols is 1. The summed E-state index contributed by atoms with van der Waals surface area (Å²) in [5.74, 6) is -0.106. The van der Waals surface area contributed by atoms with Crippen LogP contribution in [0.4, 0.5) is 0 Å². The molecule has 2 aromatic rings. The Morgan fingerprint density at radius 1 is 1.45 bits per heavy atom. The molecule has 0 saturated carbocycles. The molecule has 1 unspecified atom stereocenters. The van der Waals surface area contributed by atoms with Crippen molar-refractivity contribution in [2.45, 2.75) is 6.92 Å². The molecule has 3 rings (SSSR count). The Hall–Kier alpha value is -2.67. The minimum Gasteiger partial charge on any atom is -0.505 e. The molecular formula is C15H16N2O5. The van der Waals surface area contributed by atoms with Crippen molar-refractivity contribution in [3.63, 3.8) is 0 Å². The van der Waals surface area contributed by atoms with Gasteiger partial charge in [0.15, 0.2) is 5.75 Å². The predicted molar refractivity (Wildman–Crippen MR) is 78.3 cm³/mol. The third kappa shape index (κ3) is 3.15. The average Bonchev–Trinajstić information content (AvgIpc) is 2.95. The summed E-state index contributed by atoms with van der Waals surface area (Å²) in [5, 5.41) is 19.2. The SMILES string of the molecule is CC1CON(C(=O)c2ccc3cccnc3c2O)C1.O=CO. The van der Waals surface area contributed by atoms with E-state index in [4.69, 9.17) is 14.7 Å². The Labute approximate surface area is 126 Å². The zero-order chi connectivity index (χ0) is 16.1. The molecule has 1 aliphatic rings. The summed E-state index contributed by atoms with van der Waals surface area (Å²) >= 11 is 0. The lowest BCUT2D eigenvalue weighted by Crippen LogP contribution is -2.27. The van der Waals surface area contributed by atoms with Gasteiger partial charge in [-0.2, -0.15) is 0 Å². The van der Waals surface area contributed by atoms with Gasteiger partial charge in [-0.25, -0.2) is 5.06 Å². The van der Waals surface area contributed by atoms with E-state index in [1.807, 2.05) is 13.0 Å². The van der Waals surface area contributed by atoms with Crippen LogP contribution in [0.5, 0.6) is 5.75 Å². The molecule has 0 bridgehead atoms. The molecule has 1 fully saturated rings. The molecule has 1 saturated heterocycles. The van der Waals surface area contributed by atoms with E-state index in [2.05, 4.69) is 4.98 Å². The van der Waals surface area contributed by atoms with Crippen LogP contribution in [0.25, 0.3) is 10.9 Å². The number of nitrogens with zero attached hydrogens (tertiary/aromatic N) is 2. The third-order valence-corrected chi connectivity index (χ3v) is 3.20. The molecule has 1 amide bonds. The summed E-state index contributed by atoms with van der Waals surface area (Å²) in [7, 11) is 0. The Bertz CT molecular complexity index is 689. The van der Waals surface area contributed by atoms with E-state index in [-0.39, 0.29) is 23.7 Å². The lowest BCUT2D eigenvalue weighted by atomic mass is 10.1. The van der Waals surface area contributed by atoms with Crippen molar-refractivity contribution in [1.82, 2.24) is 10.0 Å². The fourth-order valence-corrected chi connectivity index (χ4v) is 2.18.